The highest BCUT2D eigenvalue weighted by Gasteiger charge is 2.28. The molecule has 2 rings (SSSR count). The summed E-state index contributed by atoms with van der Waals surface area (Å²) in [6.45, 7) is 0.342. The van der Waals surface area contributed by atoms with Gasteiger partial charge in [0.15, 0.2) is 5.96 Å². The number of rotatable bonds is 11. The number of carbonyl (C=O) groups excluding carboxylic acids is 3. The standard InChI is InChI=1S/C22H34N6O3/c23-19(29)18(14-15-8-3-1-4-9-15)28-21(31)17(12-7-13-26-22(24)25)27-20(30)16-10-5-2-6-11-16/h1,3-4,8-9,16-18H,2,5-7,10-14H2,(H2,23,29)(H,27,30)(H,28,31)(H4,24,25,26)/t17-,18-/m0/s1. The second-order valence-corrected chi connectivity index (χ2v) is 8.00. The molecule has 1 aliphatic carbocycles. The lowest BCUT2D eigenvalue weighted by Crippen LogP contribution is -2.54. The van der Waals surface area contributed by atoms with Crippen molar-refractivity contribution in [3.05, 3.63) is 35.9 Å². The number of carbonyl (C=O) groups is 3. The summed E-state index contributed by atoms with van der Waals surface area (Å²) in [5.74, 6) is -1.30. The van der Waals surface area contributed by atoms with E-state index in [9.17, 15) is 14.4 Å². The fourth-order valence-electron chi connectivity index (χ4n) is 3.77. The van der Waals surface area contributed by atoms with Crippen LogP contribution in [0.1, 0.15) is 50.5 Å². The van der Waals surface area contributed by atoms with E-state index < -0.39 is 23.9 Å². The van der Waals surface area contributed by atoms with E-state index in [2.05, 4.69) is 15.6 Å². The first-order chi connectivity index (χ1) is 14.9. The van der Waals surface area contributed by atoms with Crippen molar-refractivity contribution < 1.29 is 14.4 Å². The van der Waals surface area contributed by atoms with Crippen molar-refractivity contribution in [3.63, 3.8) is 0 Å². The molecular weight excluding hydrogens is 396 g/mol. The van der Waals surface area contributed by atoms with Crippen molar-refractivity contribution in [2.45, 2.75) is 63.5 Å². The van der Waals surface area contributed by atoms with E-state index in [0.717, 1.165) is 37.7 Å². The summed E-state index contributed by atoms with van der Waals surface area (Å²) in [6, 6.07) is 7.63. The summed E-state index contributed by atoms with van der Waals surface area (Å²) in [6.07, 6.45) is 5.93. The van der Waals surface area contributed by atoms with Gasteiger partial charge in [0.1, 0.15) is 12.1 Å². The Kier molecular flexibility index (Phi) is 9.80. The van der Waals surface area contributed by atoms with Gasteiger partial charge in [-0.3, -0.25) is 19.4 Å². The van der Waals surface area contributed by atoms with Crippen molar-refractivity contribution in [2.75, 3.05) is 6.54 Å². The molecule has 8 N–H and O–H groups in total. The molecule has 0 spiro atoms. The van der Waals surface area contributed by atoms with Crippen LogP contribution in [-0.2, 0) is 20.8 Å². The maximum Gasteiger partial charge on any atom is 0.243 e. The first-order valence-corrected chi connectivity index (χ1v) is 10.9. The third-order valence-electron chi connectivity index (χ3n) is 5.50. The van der Waals surface area contributed by atoms with Gasteiger partial charge in [0.2, 0.25) is 17.7 Å². The number of amides is 3. The van der Waals surface area contributed by atoms with Crippen LogP contribution < -0.4 is 27.8 Å². The summed E-state index contributed by atoms with van der Waals surface area (Å²) in [4.78, 5) is 41.6. The Balaban J connectivity index is 2.03. The van der Waals surface area contributed by atoms with Crippen LogP contribution in [0.25, 0.3) is 0 Å². The summed E-state index contributed by atoms with van der Waals surface area (Å²) in [5, 5.41) is 5.58. The zero-order chi connectivity index (χ0) is 22.6. The lowest BCUT2D eigenvalue weighted by Gasteiger charge is -2.26. The summed E-state index contributed by atoms with van der Waals surface area (Å²) < 4.78 is 0. The molecule has 0 aromatic heterocycles. The van der Waals surface area contributed by atoms with Gasteiger partial charge in [0.05, 0.1) is 0 Å². The van der Waals surface area contributed by atoms with Crippen molar-refractivity contribution in [1.82, 2.24) is 10.6 Å². The number of nitrogens with two attached hydrogens (primary N) is 3. The Morgan fingerprint density at radius 2 is 1.65 bits per heavy atom. The largest absolute Gasteiger partial charge is 0.370 e. The predicted molar refractivity (Wildman–Crippen MR) is 120 cm³/mol. The molecule has 0 bridgehead atoms. The van der Waals surface area contributed by atoms with E-state index in [0.29, 0.717) is 19.4 Å². The molecule has 1 aromatic rings. The third-order valence-corrected chi connectivity index (χ3v) is 5.50. The highest BCUT2D eigenvalue weighted by Crippen LogP contribution is 2.24. The molecule has 31 heavy (non-hydrogen) atoms. The number of hydrogen-bond acceptors (Lipinski definition) is 4. The van der Waals surface area contributed by atoms with Crippen molar-refractivity contribution >= 4 is 23.7 Å². The molecule has 0 radical (unpaired) electrons. The van der Waals surface area contributed by atoms with Gasteiger partial charge in [-0.1, -0.05) is 49.6 Å². The van der Waals surface area contributed by atoms with E-state index in [1.807, 2.05) is 30.3 Å². The van der Waals surface area contributed by atoms with Gasteiger partial charge in [-0.05, 0) is 31.2 Å². The number of aliphatic imine (C=N–C) groups is 1. The average molecular weight is 431 g/mol. The van der Waals surface area contributed by atoms with Gasteiger partial charge in [0.25, 0.3) is 0 Å². The molecular formula is C22H34N6O3. The van der Waals surface area contributed by atoms with Gasteiger partial charge in [-0.15, -0.1) is 0 Å². The lowest BCUT2D eigenvalue weighted by molar-refractivity contribution is -0.133. The average Bonchev–Trinajstić information content (AvgIpc) is 2.76. The maximum atomic E-state index is 13.0. The number of guanidine groups is 1. The van der Waals surface area contributed by atoms with Crippen LogP contribution in [0.15, 0.2) is 35.3 Å². The molecule has 0 heterocycles. The fraction of sp³-hybridized carbons (Fsp3) is 0.545. The third kappa shape index (κ3) is 8.65. The smallest absolute Gasteiger partial charge is 0.243 e. The predicted octanol–water partition coefficient (Wildman–Crippen LogP) is 0.318. The minimum absolute atomic E-state index is 0.0242. The topological polar surface area (TPSA) is 166 Å². The number of primary amides is 1. The molecule has 1 aromatic carbocycles. The number of nitrogens with zero attached hydrogens (tertiary/aromatic N) is 1. The normalized spacial score (nSPS) is 16.0. The molecule has 1 saturated carbocycles. The molecule has 9 nitrogen and oxygen atoms in total. The van der Waals surface area contributed by atoms with E-state index in [-0.39, 0.29) is 24.2 Å². The van der Waals surface area contributed by atoms with Crippen LogP contribution in [-0.4, -0.2) is 42.3 Å². The van der Waals surface area contributed by atoms with E-state index in [1.54, 1.807) is 0 Å². The zero-order valence-electron chi connectivity index (χ0n) is 17.9. The van der Waals surface area contributed by atoms with Crippen molar-refractivity contribution in [2.24, 2.45) is 28.1 Å². The molecule has 1 fully saturated rings. The monoisotopic (exact) mass is 430 g/mol. The van der Waals surface area contributed by atoms with Crippen LogP contribution in [0.2, 0.25) is 0 Å². The highest BCUT2D eigenvalue weighted by atomic mass is 16.2. The Hall–Kier alpha value is -3.10. The minimum Gasteiger partial charge on any atom is -0.370 e. The summed E-state index contributed by atoms with van der Waals surface area (Å²) in [7, 11) is 0. The number of nitrogens with one attached hydrogen (secondary N) is 2. The van der Waals surface area contributed by atoms with Crippen LogP contribution in [0.4, 0.5) is 0 Å². The zero-order valence-corrected chi connectivity index (χ0v) is 17.9. The van der Waals surface area contributed by atoms with Crippen LogP contribution in [0.3, 0.4) is 0 Å². The van der Waals surface area contributed by atoms with Gasteiger partial charge in [0, 0.05) is 18.9 Å². The first kappa shape index (κ1) is 24.2. The SMILES string of the molecule is NC(=O)[C@H](Cc1ccccc1)NC(=O)[C@H](CCCN=C(N)N)NC(=O)C1CCCCC1. The Morgan fingerprint density at radius 3 is 2.26 bits per heavy atom. The molecule has 1 aliphatic rings. The van der Waals surface area contributed by atoms with Gasteiger partial charge in [-0.25, -0.2) is 0 Å². The van der Waals surface area contributed by atoms with Gasteiger partial charge in [-0.2, -0.15) is 0 Å². The minimum atomic E-state index is -0.873. The second-order valence-electron chi connectivity index (χ2n) is 8.00. The quantitative estimate of drug-likeness (QED) is 0.193. The van der Waals surface area contributed by atoms with Crippen LogP contribution >= 0.6 is 0 Å². The van der Waals surface area contributed by atoms with Gasteiger partial charge >= 0.3 is 0 Å². The first-order valence-electron chi connectivity index (χ1n) is 10.9. The molecule has 2 atom stereocenters. The lowest BCUT2D eigenvalue weighted by atomic mass is 9.88. The van der Waals surface area contributed by atoms with Crippen molar-refractivity contribution in [3.8, 4) is 0 Å². The van der Waals surface area contributed by atoms with Crippen LogP contribution in [0, 0.1) is 5.92 Å². The highest BCUT2D eigenvalue weighted by molar-refractivity contribution is 5.92. The Bertz CT molecular complexity index is 758. The maximum absolute atomic E-state index is 13.0. The molecule has 0 aliphatic heterocycles. The summed E-state index contributed by atoms with van der Waals surface area (Å²) in [5.41, 5.74) is 17.1. The van der Waals surface area contributed by atoms with E-state index in [1.165, 1.54) is 0 Å². The molecule has 0 saturated heterocycles. The summed E-state index contributed by atoms with van der Waals surface area (Å²) >= 11 is 0. The molecule has 9 heteroatoms. The van der Waals surface area contributed by atoms with Crippen molar-refractivity contribution in [1.29, 1.82) is 0 Å². The Labute approximate surface area is 183 Å². The van der Waals surface area contributed by atoms with Gasteiger partial charge < -0.3 is 27.8 Å². The van der Waals surface area contributed by atoms with Crippen LogP contribution in [0.5, 0.6) is 0 Å². The molecule has 0 unspecified atom stereocenters. The van der Waals surface area contributed by atoms with E-state index in [4.69, 9.17) is 17.2 Å². The molecule has 170 valence electrons. The number of hydrogen-bond donors (Lipinski definition) is 5. The van der Waals surface area contributed by atoms with E-state index >= 15 is 0 Å². The Morgan fingerprint density at radius 1 is 0.968 bits per heavy atom. The second kappa shape index (κ2) is 12.6. The molecule has 3 amide bonds. The number of benzene rings is 1. The fourth-order valence-corrected chi connectivity index (χ4v) is 3.77.